The average Bonchev–Trinajstić information content (AvgIpc) is 3.19. The van der Waals surface area contributed by atoms with Crippen LogP contribution in [0.3, 0.4) is 0 Å². The van der Waals surface area contributed by atoms with Crippen LogP contribution in [0.5, 0.6) is 0 Å². The minimum absolute atomic E-state index is 0.0166. The van der Waals surface area contributed by atoms with E-state index in [1.54, 1.807) is 44.3 Å². The van der Waals surface area contributed by atoms with Crippen molar-refractivity contribution in [3.63, 3.8) is 0 Å². The summed E-state index contributed by atoms with van der Waals surface area (Å²) in [4.78, 5) is 13.3. The van der Waals surface area contributed by atoms with Gasteiger partial charge in [0.2, 0.25) is 0 Å². The summed E-state index contributed by atoms with van der Waals surface area (Å²) in [6.07, 6.45) is 3.15. The van der Waals surface area contributed by atoms with Crippen molar-refractivity contribution >= 4 is 50.4 Å². The lowest BCUT2D eigenvalue weighted by Gasteiger charge is -2.56. The monoisotopic (exact) mass is 491 g/mol. The van der Waals surface area contributed by atoms with Crippen LogP contribution in [0.4, 0.5) is 15.9 Å². The molecule has 2 atom stereocenters. The first-order valence-electron chi connectivity index (χ1n) is 10.2. The molecule has 8 nitrogen and oxygen atoms in total. The van der Waals surface area contributed by atoms with Gasteiger partial charge in [-0.1, -0.05) is 11.6 Å². The zero-order valence-corrected chi connectivity index (χ0v) is 19.5. The third-order valence-electron chi connectivity index (χ3n) is 6.47. The number of nitrogens with one attached hydrogen (secondary N) is 1. The van der Waals surface area contributed by atoms with Crippen LogP contribution in [-0.2, 0) is 10.3 Å². The normalized spacial score (nSPS) is 26.5. The van der Waals surface area contributed by atoms with Crippen molar-refractivity contribution in [2.24, 2.45) is 10.7 Å². The van der Waals surface area contributed by atoms with Gasteiger partial charge in [-0.2, -0.15) is 10.6 Å². The number of hydrogen-bond donors (Lipinski definition) is 4. The highest BCUT2D eigenvalue weighted by Crippen LogP contribution is 2.66. The SMILES string of the molecule is CC1(C)C(N)=N[C@]2(c3cc(Nc4nccc5cc(Cl)cnc45)ccc3F)COC[C@H]2S1(O)O. The minimum Gasteiger partial charge on any atom is -0.386 e. The third-order valence-corrected chi connectivity index (χ3v) is 9.71. The summed E-state index contributed by atoms with van der Waals surface area (Å²) in [6.45, 7) is 3.28. The molecule has 0 spiro atoms. The lowest BCUT2D eigenvalue weighted by molar-refractivity contribution is 0.178. The van der Waals surface area contributed by atoms with Crippen molar-refractivity contribution in [3.05, 3.63) is 59.1 Å². The summed E-state index contributed by atoms with van der Waals surface area (Å²) in [5.41, 5.74) is 6.13. The van der Waals surface area contributed by atoms with E-state index < -0.39 is 31.9 Å². The van der Waals surface area contributed by atoms with E-state index in [2.05, 4.69) is 20.3 Å². The first-order valence-corrected chi connectivity index (χ1v) is 12.2. The Bertz CT molecular complexity index is 1300. The topological polar surface area (TPSA) is 126 Å². The Hall–Kier alpha value is -2.50. The number of benzene rings is 1. The first-order chi connectivity index (χ1) is 15.6. The summed E-state index contributed by atoms with van der Waals surface area (Å²) in [7, 11) is -3.32. The summed E-state index contributed by atoms with van der Waals surface area (Å²) in [5.74, 6) is -0.0207. The number of hydrogen-bond acceptors (Lipinski definition) is 8. The molecule has 2 aliphatic rings. The molecule has 2 aromatic heterocycles. The molecule has 0 unspecified atom stereocenters. The third kappa shape index (κ3) is 3.28. The standard InChI is InChI=1S/C22H23ClFN5O3S/c1-21(2)20(25)29-22(11-32-10-17(22)33(21,30)31)15-8-14(3-4-16(15)24)28-19-18-12(5-6-26-19)7-13(23)9-27-18/h3-9,17,30-31H,10-11H2,1-2H3,(H2,25,29)(H,26,28)/t17-,22+/m1/s1. The van der Waals surface area contributed by atoms with Crippen LogP contribution in [0.2, 0.25) is 5.02 Å². The van der Waals surface area contributed by atoms with Crippen LogP contribution in [0.1, 0.15) is 19.4 Å². The van der Waals surface area contributed by atoms with E-state index >= 15 is 4.39 Å². The Morgan fingerprint density at radius 3 is 2.82 bits per heavy atom. The number of anilines is 2. The molecule has 1 aromatic carbocycles. The van der Waals surface area contributed by atoms with Crippen molar-refractivity contribution in [1.82, 2.24) is 9.97 Å². The van der Waals surface area contributed by atoms with Gasteiger partial charge in [0.1, 0.15) is 32.7 Å². The highest BCUT2D eigenvalue weighted by molar-refractivity contribution is 8.26. The smallest absolute Gasteiger partial charge is 0.156 e. The lowest BCUT2D eigenvalue weighted by atomic mass is 9.87. The fraction of sp³-hybridized carbons (Fsp3) is 0.318. The predicted octanol–water partition coefficient (Wildman–Crippen LogP) is 4.66. The zero-order chi connectivity index (χ0) is 23.6. The minimum atomic E-state index is -3.32. The Morgan fingerprint density at radius 2 is 2.03 bits per heavy atom. The number of halogens is 2. The molecule has 0 radical (unpaired) electrons. The van der Waals surface area contributed by atoms with Gasteiger partial charge in [-0.15, -0.1) is 0 Å². The Morgan fingerprint density at radius 1 is 1.24 bits per heavy atom. The van der Waals surface area contributed by atoms with Gasteiger partial charge in [0.25, 0.3) is 0 Å². The van der Waals surface area contributed by atoms with E-state index in [-0.39, 0.29) is 24.6 Å². The predicted molar refractivity (Wildman–Crippen MR) is 129 cm³/mol. The van der Waals surface area contributed by atoms with Crippen molar-refractivity contribution in [3.8, 4) is 0 Å². The molecule has 0 saturated carbocycles. The molecule has 0 amide bonds. The quantitative estimate of drug-likeness (QED) is 0.419. The highest BCUT2D eigenvalue weighted by Gasteiger charge is 2.61. The molecule has 5 rings (SSSR count). The van der Waals surface area contributed by atoms with Crippen molar-refractivity contribution in [1.29, 1.82) is 0 Å². The summed E-state index contributed by atoms with van der Waals surface area (Å²) in [6, 6.07) is 8.01. The number of pyridine rings is 2. The maximum Gasteiger partial charge on any atom is 0.156 e. The molecular weight excluding hydrogens is 469 g/mol. The molecule has 11 heteroatoms. The maximum absolute atomic E-state index is 15.2. The molecule has 2 aliphatic heterocycles. The Balaban J connectivity index is 1.61. The molecule has 4 heterocycles. The van der Waals surface area contributed by atoms with Crippen LogP contribution < -0.4 is 11.1 Å². The van der Waals surface area contributed by atoms with E-state index in [0.29, 0.717) is 22.0 Å². The molecule has 5 N–H and O–H groups in total. The zero-order valence-electron chi connectivity index (χ0n) is 17.9. The number of fused-ring (bicyclic) bond motifs is 2. The first kappa shape index (κ1) is 22.3. The van der Waals surface area contributed by atoms with Crippen molar-refractivity contribution in [2.45, 2.75) is 29.4 Å². The Kier molecular flexibility index (Phi) is 5.07. The number of aliphatic imine (C=N–C) groups is 1. The molecule has 1 fully saturated rings. The highest BCUT2D eigenvalue weighted by atomic mass is 35.5. The molecule has 33 heavy (non-hydrogen) atoms. The second-order valence-corrected chi connectivity index (χ2v) is 11.9. The van der Waals surface area contributed by atoms with Gasteiger partial charge in [0.05, 0.1) is 18.2 Å². The number of ether oxygens (including phenoxy) is 1. The van der Waals surface area contributed by atoms with Gasteiger partial charge in [-0.25, -0.2) is 9.37 Å². The summed E-state index contributed by atoms with van der Waals surface area (Å²) in [5, 5.41) is 3.64. The fourth-order valence-corrected chi connectivity index (χ4v) is 6.70. The van der Waals surface area contributed by atoms with Crippen LogP contribution in [-0.4, -0.2) is 48.1 Å². The number of nitrogens with two attached hydrogens (primary N) is 1. The van der Waals surface area contributed by atoms with Gasteiger partial charge in [-0.3, -0.25) is 19.1 Å². The van der Waals surface area contributed by atoms with Gasteiger partial charge in [0.15, 0.2) is 5.82 Å². The number of amidine groups is 1. The molecular formula is C22H23ClFN5O3S. The fourth-order valence-electron chi connectivity index (χ4n) is 4.39. The number of rotatable bonds is 3. The van der Waals surface area contributed by atoms with E-state index in [1.807, 2.05) is 0 Å². The van der Waals surface area contributed by atoms with Crippen LogP contribution in [0.15, 0.2) is 47.7 Å². The average molecular weight is 492 g/mol. The largest absolute Gasteiger partial charge is 0.386 e. The second kappa shape index (κ2) is 7.51. The van der Waals surface area contributed by atoms with Gasteiger partial charge >= 0.3 is 0 Å². The second-order valence-electron chi connectivity index (χ2n) is 8.73. The number of nitrogens with zero attached hydrogens (tertiary/aromatic N) is 3. The van der Waals surface area contributed by atoms with Gasteiger partial charge < -0.3 is 15.8 Å². The van der Waals surface area contributed by atoms with Crippen LogP contribution >= 0.6 is 22.2 Å². The van der Waals surface area contributed by atoms with E-state index in [1.165, 1.54) is 12.3 Å². The van der Waals surface area contributed by atoms with E-state index in [9.17, 15) is 9.11 Å². The van der Waals surface area contributed by atoms with Gasteiger partial charge in [-0.05, 0) is 44.2 Å². The van der Waals surface area contributed by atoms with Crippen molar-refractivity contribution < 1.29 is 18.2 Å². The Labute approximate surface area is 196 Å². The summed E-state index contributed by atoms with van der Waals surface area (Å²) >= 11 is 6.04. The molecule has 0 aliphatic carbocycles. The molecule has 0 bridgehead atoms. The van der Waals surface area contributed by atoms with E-state index in [4.69, 9.17) is 22.1 Å². The van der Waals surface area contributed by atoms with Crippen LogP contribution in [0.25, 0.3) is 10.9 Å². The molecule has 174 valence electrons. The summed E-state index contributed by atoms with van der Waals surface area (Å²) < 4.78 is 42.0. The van der Waals surface area contributed by atoms with Gasteiger partial charge in [0, 0.05) is 29.0 Å². The van der Waals surface area contributed by atoms with E-state index in [0.717, 1.165) is 5.39 Å². The van der Waals surface area contributed by atoms with Crippen LogP contribution in [0, 0.1) is 5.82 Å². The van der Waals surface area contributed by atoms with Crippen molar-refractivity contribution in [2.75, 3.05) is 18.5 Å². The molecule has 1 saturated heterocycles. The molecule has 3 aromatic rings. The maximum atomic E-state index is 15.2. The number of aromatic nitrogens is 2. The lowest BCUT2D eigenvalue weighted by Crippen LogP contribution is -2.57.